The van der Waals surface area contributed by atoms with Crippen LogP contribution in [0.5, 0.6) is 0 Å². The second kappa shape index (κ2) is 6.29. The monoisotopic (exact) mass is 385 g/mol. The number of hydrogen-bond acceptors (Lipinski definition) is 5. The highest BCUT2D eigenvalue weighted by molar-refractivity contribution is 9.11. The summed E-state index contributed by atoms with van der Waals surface area (Å²) in [5, 5.41) is 9.46. The minimum absolute atomic E-state index is 0.246. The standard InChI is InChI=1S/C14H16BrN3O3S/c1-9(17-21-3)14(15)12(16-18(2)13(14)19)10-5-7-11(8-6-10)22(4)20/h5-8H,1-4H3. The predicted molar refractivity (Wildman–Crippen MR) is 89.9 cm³/mol. The molecule has 2 rings (SSSR count). The zero-order valence-electron chi connectivity index (χ0n) is 12.7. The summed E-state index contributed by atoms with van der Waals surface area (Å²) in [4.78, 5) is 18.0. The highest BCUT2D eigenvalue weighted by Gasteiger charge is 2.51. The topological polar surface area (TPSA) is 71.3 Å². The van der Waals surface area contributed by atoms with Crippen LogP contribution < -0.4 is 0 Å². The van der Waals surface area contributed by atoms with Crippen molar-refractivity contribution in [2.24, 2.45) is 10.3 Å². The van der Waals surface area contributed by atoms with E-state index in [2.05, 4.69) is 26.2 Å². The molecule has 0 aliphatic carbocycles. The summed E-state index contributed by atoms with van der Waals surface area (Å²) in [7, 11) is 1.95. The van der Waals surface area contributed by atoms with E-state index in [1.807, 2.05) is 0 Å². The summed E-state index contributed by atoms with van der Waals surface area (Å²) >= 11 is 3.48. The van der Waals surface area contributed by atoms with Crippen LogP contribution in [0, 0.1) is 0 Å². The Labute approximate surface area is 139 Å². The minimum atomic E-state index is -1.16. The van der Waals surface area contributed by atoms with Crippen LogP contribution in [-0.2, 0) is 20.4 Å². The van der Waals surface area contributed by atoms with E-state index >= 15 is 0 Å². The summed E-state index contributed by atoms with van der Waals surface area (Å²) in [6.07, 6.45) is 1.61. The van der Waals surface area contributed by atoms with Crippen LogP contribution >= 0.6 is 15.9 Å². The third-order valence-corrected chi connectivity index (χ3v) is 5.58. The van der Waals surface area contributed by atoms with Crippen molar-refractivity contribution < 1.29 is 13.8 Å². The fraction of sp³-hybridized carbons (Fsp3) is 0.357. The van der Waals surface area contributed by atoms with Crippen LogP contribution in [0.3, 0.4) is 0 Å². The first-order valence-corrected chi connectivity index (χ1v) is 8.75. The van der Waals surface area contributed by atoms with Crippen LogP contribution in [0.4, 0.5) is 0 Å². The molecule has 0 fully saturated rings. The Bertz CT molecular complexity index is 687. The van der Waals surface area contributed by atoms with Gasteiger partial charge in [0.05, 0.1) is 5.71 Å². The number of benzene rings is 1. The number of nitrogens with zero attached hydrogens (tertiary/aromatic N) is 3. The van der Waals surface area contributed by atoms with Gasteiger partial charge in [-0.1, -0.05) is 33.2 Å². The molecule has 8 heteroatoms. The molecule has 1 heterocycles. The van der Waals surface area contributed by atoms with Crippen molar-refractivity contribution in [3.8, 4) is 0 Å². The number of alkyl halides is 1. The Morgan fingerprint density at radius 1 is 1.41 bits per heavy atom. The number of oxime groups is 1. The maximum atomic E-state index is 12.5. The van der Waals surface area contributed by atoms with Gasteiger partial charge < -0.3 is 4.84 Å². The number of carbonyl (C=O) groups excluding carboxylic acids is 1. The van der Waals surface area contributed by atoms with Gasteiger partial charge in [-0.3, -0.25) is 9.00 Å². The van der Waals surface area contributed by atoms with Crippen molar-refractivity contribution in [2.45, 2.75) is 16.1 Å². The molecule has 0 saturated carbocycles. The smallest absolute Gasteiger partial charge is 0.271 e. The number of halogens is 1. The van der Waals surface area contributed by atoms with Gasteiger partial charge in [-0.05, 0) is 19.1 Å². The molecule has 2 unspecified atom stereocenters. The van der Waals surface area contributed by atoms with E-state index in [1.54, 1.807) is 44.5 Å². The van der Waals surface area contributed by atoms with Gasteiger partial charge in [0.2, 0.25) is 0 Å². The van der Waals surface area contributed by atoms with Crippen LogP contribution in [0.1, 0.15) is 12.5 Å². The number of hydrogen-bond donors (Lipinski definition) is 0. The third-order valence-electron chi connectivity index (χ3n) is 3.35. The molecule has 0 radical (unpaired) electrons. The highest BCUT2D eigenvalue weighted by Crippen LogP contribution is 2.34. The molecule has 1 aromatic carbocycles. The van der Waals surface area contributed by atoms with E-state index in [1.165, 1.54) is 12.1 Å². The van der Waals surface area contributed by atoms with Crippen molar-refractivity contribution in [3.05, 3.63) is 29.8 Å². The van der Waals surface area contributed by atoms with E-state index in [0.717, 1.165) is 5.56 Å². The Balaban J connectivity index is 2.51. The first-order chi connectivity index (χ1) is 10.3. The van der Waals surface area contributed by atoms with Crippen LogP contribution in [0.15, 0.2) is 39.4 Å². The molecule has 1 amide bonds. The first kappa shape index (κ1) is 16.8. The molecule has 1 aromatic rings. The van der Waals surface area contributed by atoms with E-state index < -0.39 is 15.1 Å². The quantitative estimate of drug-likeness (QED) is 0.450. The van der Waals surface area contributed by atoms with Gasteiger partial charge in [0.25, 0.3) is 5.91 Å². The van der Waals surface area contributed by atoms with Gasteiger partial charge in [-0.2, -0.15) is 5.10 Å². The molecular weight excluding hydrogens is 370 g/mol. The van der Waals surface area contributed by atoms with Gasteiger partial charge in [-0.25, -0.2) is 5.01 Å². The first-order valence-electron chi connectivity index (χ1n) is 6.40. The average molecular weight is 386 g/mol. The summed E-state index contributed by atoms with van der Waals surface area (Å²) in [6, 6.07) is 7.09. The van der Waals surface area contributed by atoms with E-state index in [0.29, 0.717) is 16.3 Å². The van der Waals surface area contributed by atoms with E-state index in [4.69, 9.17) is 4.84 Å². The molecule has 0 N–H and O–H groups in total. The van der Waals surface area contributed by atoms with Crippen LogP contribution in [0.2, 0.25) is 0 Å². The van der Waals surface area contributed by atoms with Gasteiger partial charge in [0.15, 0.2) is 4.32 Å². The van der Waals surface area contributed by atoms with Gasteiger partial charge in [0.1, 0.15) is 12.8 Å². The summed E-state index contributed by atoms with van der Waals surface area (Å²) < 4.78 is 10.3. The maximum Gasteiger partial charge on any atom is 0.271 e. The Morgan fingerprint density at radius 3 is 2.50 bits per heavy atom. The molecular formula is C14H16BrN3O3S. The number of rotatable bonds is 4. The molecule has 0 saturated heterocycles. The number of amides is 1. The fourth-order valence-corrected chi connectivity index (χ4v) is 3.33. The molecule has 0 spiro atoms. The van der Waals surface area contributed by atoms with Crippen LogP contribution in [-0.4, -0.2) is 51.3 Å². The summed E-state index contributed by atoms with van der Waals surface area (Å²) in [5.74, 6) is -0.246. The summed E-state index contributed by atoms with van der Waals surface area (Å²) in [5.41, 5.74) is 1.72. The number of hydrazone groups is 1. The molecule has 6 nitrogen and oxygen atoms in total. The molecule has 22 heavy (non-hydrogen) atoms. The molecule has 118 valence electrons. The van der Waals surface area contributed by atoms with Crippen molar-refractivity contribution >= 4 is 44.1 Å². The van der Waals surface area contributed by atoms with Gasteiger partial charge in [-0.15, -0.1) is 0 Å². The lowest BCUT2D eigenvalue weighted by Gasteiger charge is -2.21. The zero-order valence-corrected chi connectivity index (χ0v) is 15.1. The fourth-order valence-electron chi connectivity index (χ4n) is 2.18. The van der Waals surface area contributed by atoms with E-state index in [9.17, 15) is 9.00 Å². The largest absolute Gasteiger partial charge is 0.399 e. The average Bonchev–Trinajstić information content (AvgIpc) is 2.73. The second-order valence-corrected chi connectivity index (χ2v) is 7.34. The van der Waals surface area contributed by atoms with Crippen LogP contribution in [0.25, 0.3) is 0 Å². The Kier molecular flexibility index (Phi) is 4.81. The lowest BCUT2D eigenvalue weighted by molar-refractivity contribution is -0.127. The SMILES string of the molecule is CON=C(C)C1(Br)C(=O)N(C)N=C1c1ccc(S(C)=O)cc1. The maximum absolute atomic E-state index is 12.5. The Hall–Kier alpha value is -1.54. The second-order valence-electron chi connectivity index (χ2n) is 4.77. The van der Waals surface area contributed by atoms with E-state index in [-0.39, 0.29) is 5.91 Å². The molecule has 1 aliphatic heterocycles. The molecule has 1 aliphatic rings. The predicted octanol–water partition coefficient (Wildman–Crippen LogP) is 1.76. The molecule has 0 bridgehead atoms. The van der Waals surface area contributed by atoms with Crippen molar-refractivity contribution in [1.29, 1.82) is 0 Å². The molecule has 0 aromatic heterocycles. The lowest BCUT2D eigenvalue weighted by atomic mass is 9.93. The van der Waals surface area contributed by atoms with Gasteiger partial charge >= 0.3 is 0 Å². The third kappa shape index (κ3) is 2.72. The highest BCUT2D eigenvalue weighted by atomic mass is 79.9. The minimum Gasteiger partial charge on any atom is -0.399 e. The van der Waals surface area contributed by atoms with Crippen molar-refractivity contribution in [1.82, 2.24) is 5.01 Å². The van der Waals surface area contributed by atoms with Gasteiger partial charge in [0, 0.05) is 34.6 Å². The van der Waals surface area contributed by atoms with Crippen molar-refractivity contribution in [3.63, 3.8) is 0 Å². The Morgan fingerprint density at radius 2 is 2.00 bits per heavy atom. The zero-order chi connectivity index (χ0) is 16.5. The summed E-state index contributed by atoms with van der Waals surface area (Å²) in [6.45, 7) is 1.69. The molecule has 2 atom stereocenters. The normalized spacial score (nSPS) is 23.5. The lowest BCUT2D eigenvalue weighted by Crippen LogP contribution is -2.46. The van der Waals surface area contributed by atoms with Crippen molar-refractivity contribution in [2.75, 3.05) is 20.4 Å². The number of carbonyl (C=O) groups is 1.